The first-order chi connectivity index (χ1) is 14.4. The second kappa shape index (κ2) is 10.7. The highest BCUT2D eigenvalue weighted by molar-refractivity contribution is 5.76. The topological polar surface area (TPSA) is 55.8 Å². The van der Waals surface area contributed by atoms with Gasteiger partial charge in [0.05, 0.1) is 5.69 Å². The summed E-state index contributed by atoms with van der Waals surface area (Å²) in [4.78, 5) is 15.3. The van der Waals surface area contributed by atoms with Crippen LogP contribution in [-0.2, 0) is 17.9 Å². The molecular formula is C24H39N5O+2. The molecule has 3 N–H and O–H groups in total. The SMILES string of the molecule is Cc1cc(C)n(CCCNC(=O)C[NH+]2CC[NH+](Cc3ccc(C(C)C)cc3)CC2)n1. The van der Waals surface area contributed by atoms with Crippen LogP contribution in [0.1, 0.15) is 48.7 Å². The number of carbonyl (C=O) groups is 1. The van der Waals surface area contributed by atoms with E-state index in [4.69, 9.17) is 0 Å². The molecule has 2 heterocycles. The monoisotopic (exact) mass is 413 g/mol. The molecule has 0 radical (unpaired) electrons. The Hall–Kier alpha value is -2.18. The molecule has 0 spiro atoms. The fourth-order valence-corrected chi connectivity index (χ4v) is 4.27. The van der Waals surface area contributed by atoms with Crippen LogP contribution in [0, 0.1) is 13.8 Å². The average Bonchev–Trinajstić information content (AvgIpc) is 3.04. The number of quaternary nitrogens is 2. The lowest BCUT2D eigenvalue weighted by Crippen LogP contribution is -3.28. The van der Waals surface area contributed by atoms with Crippen LogP contribution in [0.2, 0.25) is 0 Å². The van der Waals surface area contributed by atoms with E-state index in [1.54, 1.807) is 4.90 Å². The molecule has 0 atom stereocenters. The van der Waals surface area contributed by atoms with E-state index in [0.29, 0.717) is 19.0 Å². The van der Waals surface area contributed by atoms with Crippen LogP contribution in [0.15, 0.2) is 30.3 Å². The Bertz CT molecular complexity index is 804. The number of nitrogens with one attached hydrogen (secondary N) is 3. The molecule has 0 unspecified atom stereocenters. The van der Waals surface area contributed by atoms with Crippen molar-refractivity contribution in [1.29, 1.82) is 0 Å². The third kappa shape index (κ3) is 6.67. The zero-order valence-electron chi connectivity index (χ0n) is 19.1. The molecule has 1 aliphatic heterocycles. The van der Waals surface area contributed by atoms with Gasteiger partial charge in [-0.3, -0.25) is 9.48 Å². The van der Waals surface area contributed by atoms with Gasteiger partial charge in [0.25, 0.3) is 5.91 Å². The van der Waals surface area contributed by atoms with Crippen molar-refractivity contribution in [1.82, 2.24) is 15.1 Å². The van der Waals surface area contributed by atoms with Crippen LogP contribution >= 0.6 is 0 Å². The molecule has 1 fully saturated rings. The van der Waals surface area contributed by atoms with Crippen molar-refractivity contribution in [2.75, 3.05) is 39.3 Å². The van der Waals surface area contributed by atoms with E-state index in [1.165, 1.54) is 21.7 Å². The standard InChI is InChI=1S/C24H37N5O/c1-19(2)23-8-6-22(7-9-23)17-27-12-14-28(15-13-27)18-24(30)25-10-5-11-29-21(4)16-20(3)26-29/h6-9,16,19H,5,10-15,17-18H2,1-4H3,(H,25,30)/p+2. The maximum absolute atomic E-state index is 12.3. The summed E-state index contributed by atoms with van der Waals surface area (Å²) in [5.74, 6) is 0.759. The molecule has 1 saturated heterocycles. The first kappa shape index (κ1) is 22.5. The van der Waals surface area contributed by atoms with Crippen LogP contribution in [0.4, 0.5) is 0 Å². The predicted octanol–water partition coefficient (Wildman–Crippen LogP) is 0.113. The fourth-order valence-electron chi connectivity index (χ4n) is 4.27. The molecule has 1 amide bonds. The summed E-state index contributed by atoms with van der Waals surface area (Å²) in [7, 11) is 0. The van der Waals surface area contributed by atoms with Crippen molar-refractivity contribution in [2.45, 2.75) is 53.1 Å². The first-order valence-electron chi connectivity index (χ1n) is 11.4. The maximum atomic E-state index is 12.3. The zero-order valence-corrected chi connectivity index (χ0v) is 19.1. The summed E-state index contributed by atoms with van der Waals surface area (Å²) in [5, 5.41) is 7.55. The minimum absolute atomic E-state index is 0.172. The Morgan fingerprint density at radius 3 is 2.37 bits per heavy atom. The van der Waals surface area contributed by atoms with Crippen LogP contribution in [0.3, 0.4) is 0 Å². The molecule has 6 heteroatoms. The van der Waals surface area contributed by atoms with E-state index in [0.717, 1.165) is 51.4 Å². The normalized spacial score (nSPS) is 19.2. The van der Waals surface area contributed by atoms with E-state index < -0.39 is 0 Å². The highest BCUT2D eigenvalue weighted by Crippen LogP contribution is 2.14. The number of amides is 1. The largest absolute Gasteiger partial charge is 0.351 e. The van der Waals surface area contributed by atoms with Crippen LogP contribution in [-0.4, -0.2) is 55.0 Å². The number of benzene rings is 1. The van der Waals surface area contributed by atoms with Gasteiger partial charge in [0.2, 0.25) is 0 Å². The van der Waals surface area contributed by atoms with Gasteiger partial charge in [-0.15, -0.1) is 0 Å². The highest BCUT2D eigenvalue weighted by Gasteiger charge is 2.24. The lowest BCUT2D eigenvalue weighted by molar-refractivity contribution is -1.02. The average molecular weight is 414 g/mol. The molecule has 1 aromatic heterocycles. The van der Waals surface area contributed by atoms with Crippen molar-refractivity contribution in [2.24, 2.45) is 0 Å². The summed E-state index contributed by atoms with van der Waals surface area (Å²) in [6.07, 6.45) is 0.913. The molecule has 1 aromatic carbocycles. The summed E-state index contributed by atoms with van der Waals surface area (Å²) in [6.45, 7) is 16.2. The molecule has 1 aliphatic rings. The van der Waals surface area contributed by atoms with E-state index >= 15 is 0 Å². The maximum Gasteiger partial charge on any atom is 0.275 e. The number of hydrogen-bond acceptors (Lipinski definition) is 2. The number of nitrogens with zero attached hydrogens (tertiary/aromatic N) is 2. The van der Waals surface area contributed by atoms with Crippen molar-refractivity contribution >= 4 is 5.91 Å². The van der Waals surface area contributed by atoms with Crippen LogP contribution < -0.4 is 15.1 Å². The molecule has 0 bridgehead atoms. The number of hydrogen-bond donors (Lipinski definition) is 3. The highest BCUT2D eigenvalue weighted by atomic mass is 16.2. The summed E-state index contributed by atoms with van der Waals surface area (Å²) < 4.78 is 2.02. The van der Waals surface area contributed by atoms with Gasteiger partial charge in [-0.1, -0.05) is 38.1 Å². The van der Waals surface area contributed by atoms with Crippen LogP contribution in [0.5, 0.6) is 0 Å². The zero-order chi connectivity index (χ0) is 21.5. The van der Waals surface area contributed by atoms with Gasteiger partial charge in [0.15, 0.2) is 6.54 Å². The van der Waals surface area contributed by atoms with Crippen molar-refractivity contribution in [3.05, 3.63) is 52.8 Å². The Labute approximate surface area is 181 Å². The Kier molecular flexibility index (Phi) is 8.05. The van der Waals surface area contributed by atoms with E-state index in [2.05, 4.69) is 61.5 Å². The van der Waals surface area contributed by atoms with Crippen molar-refractivity contribution in [3.8, 4) is 0 Å². The molecule has 3 rings (SSSR count). The number of aromatic nitrogens is 2. The van der Waals surface area contributed by atoms with E-state index in [1.807, 2.05) is 11.6 Å². The van der Waals surface area contributed by atoms with Crippen molar-refractivity contribution < 1.29 is 14.6 Å². The lowest BCUT2D eigenvalue weighted by Gasteiger charge is -2.29. The molecular weight excluding hydrogens is 374 g/mol. The molecule has 0 saturated carbocycles. The summed E-state index contributed by atoms with van der Waals surface area (Å²) in [5.41, 5.74) is 5.05. The molecule has 30 heavy (non-hydrogen) atoms. The first-order valence-corrected chi connectivity index (χ1v) is 11.4. The van der Waals surface area contributed by atoms with Gasteiger partial charge >= 0.3 is 0 Å². The van der Waals surface area contributed by atoms with Gasteiger partial charge in [0.1, 0.15) is 32.7 Å². The van der Waals surface area contributed by atoms with E-state index in [9.17, 15) is 4.79 Å². The van der Waals surface area contributed by atoms with Gasteiger partial charge in [-0.05, 0) is 37.8 Å². The van der Waals surface area contributed by atoms with Crippen molar-refractivity contribution in [3.63, 3.8) is 0 Å². The quantitative estimate of drug-likeness (QED) is 0.511. The Balaban J connectivity index is 1.31. The lowest BCUT2D eigenvalue weighted by atomic mass is 10.0. The number of aryl methyl sites for hydroxylation is 3. The fraction of sp³-hybridized carbons (Fsp3) is 0.583. The second-order valence-corrected chi connectivity index (χ2v) is 9.10. The third-order valence-electron chi connectivity index (χ3n) is 6.15. The number of carbonyl (C=O) groups excluding carboxylic acids is 1. The van der Waals surface area contributed by atoms with E-state index in [-0.39, 0.29) is 5.91 Å². The number of piperazine rings is 1. The molecule has 164 valence electrons. The Morgan fingerprint density at radius 1 is 1.10 bits per heavy atom. The summed E-state index contributed by atoms with van der Waals surface area (Å²) in [6, 6.07) is 11.2. The number of rotatable bonds is 9. The Morgan fingerprint density at radius 2 is 1.77 bits per heavy atom. The molecule has 6 nitrogen and oxygen atoms in total. The smallest absolute Gasteiger partial charge is 0.275 e. The minimum Gasteiger partial charge on any atom is -0.351 e. The van der Waals surface area contributed by atoms with Gasteiger partial charge in [-0.2, -0.15) is 5.10 Å². The summed E-state index contributed by atoms with van der Waals surface area (Å²) >= 11 is 0. The van der Waals surface area contributed by atoms with Gasteiger partial charge < -0.3 is 15.1 Å². The second-order valence-electron chi connectivity index (χ2n) is 9.10. The third-order valence-corrected chi connectivity index (χ3v) is 6.15. The molecule has 2 aromatic rings. The van der Waals surface area contributed by atoms with Crippen LogP contribution in [0.25, 0.3) is 0 Å². The van der Waals surface area contributed by atoms with Gasteiger partial charge in [-0.25, -0.2) is 0 Å². The molecule has 0 aliphatic carbocycles. The van der Waals surface area contributed by atoms with Gasteiger partial charge in [0, 0.05) is 24.3 Å². The predicted molar refractivity (Wildman–Crippen MR) is 120 cm³/mol. The minimum atomic E-state index is 0.172.